The van der Waals surface area contributed by atoms with Gasteiger partial charge in [-0.1, -0.05) is 27.7 Å². The maximum Gasteiger partial charge on any atom is 0.223 e. The van der Waals surface area contributed by atoms with Crippen LogP contribution in [0, 0.1) is 16.7 Å². The standard InChI is InChI=1S/C22H32N2O4/c1-21(2,3)16(20(26)23-5)8-18(25)17-9-19(15(10-24-17)14-6-7-14)28-13-22(4)11-27-12-22/h9-10,14,16H,6-8,11-13H2,1-5H3,(H,23,26)/t16-/m1/s1. The second-order valence-electron chi connectivity index (χ2n) is 9.63. The molecule has 1 atom stereocenters. The highest BCUT2D eigenvalue weighted by molar-refractivity contribution is 5.97. The van der Waals surface area contributed by atoms with Gasteiger partial charge in [0, 0.05) is 36.7 Å². The first-order valence-corrected chi connectivity index (χ1v) is 10.1. The smallest absolute Gasteiger partial charge is 0.223 e. The van der Waals surface area contributed by atoms with E-state index in [2.05, 4.69) is 17.2 Å². The lowest BCUT2D eigenvalue weighted by Gasteiger charge is -2.37. The molecular formula is C22H32N2O4. The van der Waals surface area contributed by atoms with Gasteiger partial charge in [0.1, 0.15) is 11.4 Å². The van der Waals surface area contributed by atoms with Gasteiger partial charge in [0.25, 0.3) is 0 Å². The van der Waals surface area contributed by atoms with Gasteiger partial charge in [0.05, 0.1) is 25.7 Å². The predicted molar refractivity (Wildman–Crippen MR) is 107 cm³/mol. The fraction of sp³-hybridized carbons (Fsp3) is 0.682. The summed E-state index contributed by atoms with van der Waals surface area (Å²) in [5.41, 5.74) is 1.17. The van der Waals surface area contributed by atoms with Crippen molar-refractivity contribution < 1.29 is 19.1 Å². The summed E-state index contributed by atoms with van der Waals surface area (Å²) in [4.78, 5) is 29.6. The molecule has 0 bridgehead atoms. The summed E-state index contributed by atoms with van der Waals surface area (Å²) in [6.07, 6.45) is 4.18. The van der Waals surface area contributed by atoms with E-state index in [0.29, 0.717) is 31.4 Å². The van der Waals surface area contributed by atoms with E-state index in [1.807, 2.05) is 20.8 Å². The van der Waals surface area contributed by atoms with Crippen molar-refractivity contribution in [3.63, 3.8) is 0 Å². The molecule has 3 rings (SSSR count). The molecule has 0 radical (unpaired) electrons. The van der Waals surface area contributed by atoms with Gasteiger partial charge in [-0.05, 0) is 24.2 Å². The normalized spacial score (nSPS) is 19.5. The van der Waals surface area contributed by atoms with Crippen molar-refractivity contribution in [2.75, 3.05) is 26.9 Å². The van der Waals surface area contributed by atoms with Gasteiger partial charge in [-0.25, -0.2) is 0 Å². The van der Waals surface area contributed by atoms with Crippen LogP contribution in [0.1, 0.15) is 68.9 Å². The predicted octanol–water partition coefficient (Wildman–Crippen LogP) is 3.36. The summed E-state index contributed by atoms with van der Waals surface area (Å²) in [5, 5.41) is 2.67. The van der Waals surface area contributed by atoms with Crippen molar-refractivity contribution in [1.82, 2.24) is 10.3 Å². The number of ketones is 1. The Labute approximate surface area is 167 Å². The zero-order valence-corrected chi connectivity index (χ0v) is 17.6. The van der Waals surface area contributed by atoms with E-state index in [-0.39, 0.29) is 28.9 Å². The fourth-order valence-electron chi connectivity index (χ4n) is 3.47. The number of ether oxygens (including phenoxy) is 2. The number of nitrogens with one attached hydrogen (secondary N) is 1. The number of rotatable bonds is 8. The first-order chi connectivity index (χ1) is 13.1. The van der Waals surface area contributed by atoms with Crippen LogP contribution < -0.4 is 10.1 Å². The largest absolute Gasteiger partial charge is 0.492 e. The van der Waals surface area contributed by atoms with Gasteiger partial charge in [-0.15, -0.1) is 0 Å². The molecule has 1 aromatic heterocycles. The second-order valence-corrected chi connectivity index (χ2v) is 9.63. The second kappa shape index (κ2) is 7.82. The number of Topliss-reactive ketones (excluding diaryl/α,β-unsaturated/α-hetero) is 1. The summed E-state index contributed by atoms with van der Waals surface area (Å²) < 4.78 is 11.4. The Morgan fingerprint density at radius 1 is 1.36 bits per heavy atom. The number of amides is 1. The van der Waals surface area contributed by atoms with Crippen molar-refractivity contribution in [1.29, 1.82) is 0 Å². The molecule has 1 aromatic rings. The van der Waals surface area contributed by atoms with Crippen LogP contribution in [-0.2, 0) is 9.53 Å². The topological polar surface area (TPSA) is 77.5 Å². The van der Waals surface area contributed by atoms with Crippen LogP contribution in [0.5, 0.6) is 5.75 Å². The van der Waals surface area contributed by atoms with E-state index < -0.39 is 5.92 Å². The van der Waals surface area contributed by atoms with E-state index in [0.717, 1.165) is 24.2 Å². The molecule has 1 saturated carbocycles. The van der Waals surface area contributed by atoms with Gasteiger partial charge in [-0.3, -0.25) is 14.6 Å². The minimum absolute atomic E-state index is 0.0325. The average Bonchev–Trinajstić information content (AvgIpc) is 3.45. The van der Waals surface area contributed by atoms with Crippen LogP contribution in [0.3, 0.4) is 0 Å². The van der Waals surface area contributed by atoms with Crippen LogP contribution in [0.25, 0.3) is 0 Å². The Morgan fingerprint density at radius 2 is 2.04 bits per heavy atom. The van der Waals surface area contributed by atoms with E-state index in [4.69, 9.17) is 9.47 Å². The zero-order chi connectivity index (χ0) is 20.5. The van der Waals surface area contributed by atoms with E-state index in [1.54, 1.807) is 19.3 Å². The first kappa shape index (κ1) is 20.8. The lowest BCUT2D eigenvalue weighted by molar-refractivity contribution is -0.127. The first-order valence-electron chi connectivity index (χ1n) is 10.1. The summed E-state index contributed by atoms with van der Waals surface area (Å²) >= 11 is 0. The molecule has 2 aliphatic rings. The monoisotopic (exact) mass is 388 g/mol. The minimum Gasteiger partial charge on any atom is -0.492 e. The molecule has 0 unspecified atom stereocenters. The van der Waals surface area contributed by atoms with Gasteiger partial charge < -0.3 is 14.8 Å². The van der Waals surface area contributed by atoms with Crippen molar-refractivity contribution >= 4 is 11.7 Å². The lowest BCUT2D eigenvalue weighted by atomic mass is 9.77. The molecule has 1 amide bonds. The average molecular weight is 389 g/mol. The van der Waals surface area contributed by atoms with E-state index in [9.17, 15) is 9.59 Å². The number of aromatic nitrogens is 1. The lowest BCUT2D eigenvalue weighted by Crippen LogP contribution is -2.44. The van der Waals surface area contributed by atoms with Crippen molar-refractivity contribution in [3.05, 3.63) is 23.5 Å². The number of carbonyl (C=O) groups is 2. The van der Waals surface area contributed by atoms with Crippen LogP contribution in [0.2, 0.25) is 0 Å². The van der Waals surface area contributed by atoms with Crippen molar-refractivity contribution in [2.45, 2.75) is 52.9 Å². The molecular weight excluding hydrogens is 356 g/mol. The molecule has 0 spiro atoms. The van der Waals surface area contributed by atoms with Crippen LogP contribution in [0.15, 0.2) is 12.3 Å². The number of nitrogens with zero attached hydrogens (tertiary/aromatic N) is 1. The fourth-order valence-corrected chi connectivity index (χ4v) is 3.47. The maximum absolute atomic E-state index is 12.9. The van der Waals surface area contributed by atoms with Gasteiger partial charge in [-0.2, -0.15) is 0 Å². The molecule has 0 aromatic carbocycles. The van der Waals surface area contributed by atoms with Crippen LogP contribution in [0.4, 0.5) is 0 Å². The third-order valence-corrected chi connectivity index (χ3v) is 5.67. The Morgan fingerprint density at radius 3 is 2.54 bits per heavy atom. The molecule has 1 N–H and O–H groups in total. The summed E-state index contributed by atoms with van der Waals surface area (Å²) in [7, 11) is 1.60. The highest BCUT2D eigenvalue weighted by atomic mass is 16.5. The zero-order valence-electron chi connectivity index (χ0n) is 17.6. The molecule has 1 aliphatic carbocycles. The minimum atomic E-state index is -0.412. The summed E-state index contributed by atoms with van der Waals surface area (Å²) in [5.74, 6) is 0.565. The molecule has 2 heterocycles. The quantitative estimate of drug-likeness (QED) is 0.691. The number of hydrogen-bond donors (Lipinski definition) is 1. The van der Waals surface area contributed by atoms with E-state index in [1.165, 1.54) is 0 Å². The summed E-state index contributed by atoms with van der Waals surface area (Å²) in [6, 6.07) is 1.77. The third-order valence-electron chi connectivity index (χ3n) is 5.67. The van der Waals surface area contributed by atoms with Gasteiger partial charge in [0.2, 0.25) is 5.91 Å². The Balaban J connectivity index is 1.77. The summed E-state index contributed by atoms with van der Waals surface area (Å²) in [6.45, 7) is 10.0. The third kappa shape index (κ3) is 4.72. The molecule has 1 saturated heterocycles. The molecule has 2 fully saturated rings. The highest BCUT2D eigenvalue weighted by Gasteiger charge is 2.36. The molecule has 154 valence electrons. The Bertz CT molecular complexity index is 745. The maximum atomic E-state index is 12.9. The molecule has 6 nitrogen and oxygen atoms in total. The molecule has 1 aliphatic heterocycles. The Hall–Kier alpha value is -1.95. The Kier molecular flexibility index (Phi) is 5.80. The van der Waals surface area contributed by atoms with Gasteiger partial charge in [0.15, 0.2) is 5.78 Å². The van der Waals surface area contributed by atoms with Crippen molar-refractivity contribution in [3.8, 4) is 5.75 Å². The molecule has 28 heavy (non-hydrogen) atoms. The number of pyridine rings is 1. The highest BCUT2D eigenvalue weighted by Crippen LogP contribution is 2.44. The molecule has 6 heteroatoms. The van der Waals surface area contributed by atoms with Crippen molar-refractivity contribution in [2.24, 2.45) is 16.7 Å². The number of carbonyl (C=O) groups excluding carboxylic acids is 2. The van der Waals surface area contributed by atoms with Crippen LogP contribution >= 0.6 is 0 Å². The SMILES string of the molecule is CNC(=O)[C@@H](CC(=O)c1cc(OCC2(C)COC2)c(C2CC2)cn1)C(C)(C)C. The van der Waals surface area contributed by atoms with E-state index >= 15 is 0 Å². The number of hydrogen-bond acceptors (Lipinski definition) is 5. The van der Waals surface area contributed by atoms with Crippen LogP contribution in [-0.4, -0.2) is 43.5 Å². The van der Waals surface area contributed by atoms with Gasteiger partial charge >= 0.3 is 0 Å².